The molecular formula is C16H23BrN2O2. The number of hydrogen-bond acceptors (Lipinski definition) is 3. The van der Waals surface area contributed by atoms with Crippen molar-refractivity contribution in [1.82, 2.24) is 10.6 Å². The monoisotopic (exact) mass is 354 g/mol. The van der Waals surface area contributed by atoms with Crippen molar-refractivity contribution in [2.75, 3.05) is 26.8 Å². The topological polar surface area (TPSA) is 50.4 Å². The number of halogens is 1. The number of nitrogens with one attached hydrogen (secondary N) is 2. The molecule has 21 heavy (non-hydrogen) atoms. The summed E-state index contributed by atoms with van der Waals surface area (Å²) < 4.78 is 6.53. The second-order valence-corrected chi connectivity index (χ2v) is 6.37. The van der Waals surface area contributed by atoms with E-state index in [0.29, 0.717) is 19.6 Å². The maximum absolute atomic E-state index is 12.2. The van der Waals surface area contributed by atoms with Crippen LogP contribution in [0.4, 0.5) is 0 Å². The fourth-order valence-corrected chi connectivity index (χ4v) is 2.99. The molecule has 1 aliphatic heterocycles. The van der Waals surface area contributed by atoms with Crippen LogP contribution in [0.1, 0.15) is 31.2 Å². The summed E-state index contributed by atoms with van der Waals surface area (Å²) in [7, 11) is 1.90. The first kappa shape index (κ1) is 16.5. The van der Waals surface area contributed by atoms with E-state index in [1.165, 1.54) is 0 Å². The molecule has 0 aromatic heterocycles. The molecule has 0 spiro atoms. The summed E-state index contributed by atoms with van der Waals surface area (Å²) in [6.07, 6.45) is 3.06. The Morgan fingerprint density at radius 3 is 2.57 bits per heavy atom. The quantitative estimate of drug-likeness (QED) is 0.772. The molecule has 2 rings (SSSR count). The Labute approximate surface area is 134 Å². The third-order valence-electron chi connectivity index (χ3n) is 3.95. The van der Waals surface area contributed by atoms with Crippen LogP contribution in [0.2, 0.25) is 0 Å². The van der Waals surface area contributed by atoms with E-state index in [1.807, 2.05) is 19.2 Å². The molecule has 0 radical (unpaired) electrons. The van der Waals surface area contributed by atoms with Gasteiger partial charge in [0, 0.05) is 24.1 Å². The third kappa shape index (κ3) is 4.53. The van der Waals surface area contributed by atoms with E-state index in [0.717, 1.165) is 35.8 Å². The summed E-state index contributed by atoms with van der Waals surface area (Å²) in [5.41, 5.74) is 0.881. The predicted octanol–water partition coefficient (Wildman–Crippen LogP) is 2.57. The molecule has 0 bridgehead atoms. The molecule has 0 saturated carbocycles. The lowest BCUT2D eigenvalue weighted by Crippen LogP contribution is -2.49. The first-order chi connectivity index (χ1) is 10.2. The van der Waals surface area contributed by atoms with Crippen molar-refractivity contribution < 1.29 is 9.53 Å². The van der Waals surface area contributed by atoms with Crippen LogP contribution in [0, 0.1) is 0 Å². The van der Waals surface area contributed by atoms with Gasteiger partial charge in [0.15, 0.2) is 0 Å². The molecule has 4 nitrogen and oxygen atoms in total. The van der Waals surface area contributed by atoms with Crippen LogP contribution in [-0.2, 0) is 15.1 Å². The number of ether oxygens (including phenoxy) is 1. The normalized spacial score (nSPS) is 17.4. The van der Waals surface area contributed by atoms with Crippen molar-refractivity contribution in [2.24, 2.45) is 0 Å². The highest BCUT2D eigenvalue weighted by atomic mass is 79.9. The zero-order valence-electron chi connectivity index (χ0n) is 12.5. The zero-order chi connectivity index (χ0) is 15.1. The lowest BCUT2D eigenvalue weighted by molar-refractivity contribution is -0.124. The van der Waals surface area contributed by atoms with Crippen LogP contribution in [0.15, 0.2) is 28.7 Å². The molecular weight excluding hydrogens is 332 g/mol. The van der Waals surface area contributed by atoms with Gasteiger partial charge in [0.25, 0.3) is 0 Å². The fourth-order valence-electron chi connectivity index (χ4n) is 2.73. The van der Waals surface area contributed by atoms with Gasteiger partial charge in [-0.25, -0.2) is 0 Å². The number of hydrogen-bond donors (Lipinski definition) is 2. The molecule has 5 heteroatoms. The highest BCUT2D eigenvalue weighted by molar-refractivity contribution is 9.10. The molecule has 1 amide bonds. The maximum atomic E-state index is 12.2. The van der Waals surface area contributed by atoms with Gasteiger partial charge in [0.05, 0.1) is 5.54 Å². The number of amides is 1. The first-order valence-electron chi connectivity index (χ1n) is 7.46. The summed E-state index contributed by atoms with van der Waals surface area (Å²) >= 11 is 3.46. The Hall–Kier alpha value is -0.910. The Morgan fingerprint density at radius 1 is 1.29 bits per heavy atom. The van der Waals surface area contributed by atoms with Crippen LogP contribution < -0.4 is 10.6 Å². The van der Waals surface area contributed by atoms with Crippen LogP contribution >= 0.6 is 15.9 Å². The van der Waals surface area contributed by atoms with Crippen molar-refractivity contribution in [2.45, 2.75) is 31.2 Å². The first-order valence-corrected chi connectivity index (χ1v) is 8.25. The van der Waals surface area contributed by atoms with Gasteiger partial charge in [-0.1, -0.05) is 28.1 Å². The second kappa shape index (κ2) is 7.92. The van der Waals surface area contributed by atoms with E-state index >= 15 is 0 Å². The summed E-state index contributed by atoms with van der Waals surface area (Å²) in [6, 6.07) is 8.23. The van der Waals surface area contributed by atoms with Crippen LogP contribution in [0.25, 0.3) is 0 Å². The summed E-state index contributed by atoms with van der Waals surface area (Å²) in [4.78, 5) is 12.2. The highest BCUT2D eigenvalue weighted by Gasteiger charge is 2.35. The zero-order valence-corrected chi connectivity index (χ0v) is 14.0. The minimum absolute atomic E-state index is 0.120. The van der Waals surface area contributed by atoms with Crippen LogP contribution in [0.5, 0.6) is 0 Å². The SMILES string of the molecule is CNCCCC(=O)NC1(c2ccc(Br)cc2)CCOCC1. The summed E-state index contributed by atoms with van der Waals surface area (Å²) in [6.45, 7) is 2.24. The maximum Gasteiger partial charge on any atom is 0.220 e. The van der Waals surface area contributed by atoms with Crippen LogP contribution in [0.3, 0.4) is 0 Å². The minimum Gasteiger partial charge on any atom is -0.381 e. The van der Waals surface area contributed by atoms with Gasteiger partial charge in [-0.05, 0) is 50.6 Å². The molecule has 0 unspecified atom stereocenters. The minimum atomic E-state index is -0.282. The Morgan fingerprint density at radius 2 is 1.95 bits per heavy atom. The smallest absolute Gasteiger partial charge is 0.220 e. The average molecular weight is 355 g/mol. The summed E-state index contributed by atoms with van der Waals surface area (Å²) in [5, 5.41) is 6.33. The predicted molar refractivity (Wildman–Crippen MR) is 87.2 cm³/mol. The van der Waals surface area contributed by atoms with Crippen molar-refractivity contribution in [1.29, 1.82) is 0 Å². The van der Waals surface area contributed by atoms with Crippen molar-refractivity contribution >= 4 is 21.8 Å². The number of rotatable bonds is 6. The molecule has 0 aliphatic carbocycles. The van der Waals surface area contributed by atoms with Gasteiger partial charge in [0.1, 0.15) is 0 Å². The van der Waals surface area contributed by atoms with E-state index in [4.69, 9.17) is 4.74 Å². The standard InChI is InChI=1S/C16H23BrN2O2/c1-18-10-2-3-15(20)19-16(8-11-21-12-9-16)13-4-6-14(17)7-5-13/h4-7,18H,2-3,8-12H2,1H3,(H,19,20). The van der Waals surface area contributed by atoms with Crippen molar-refractivity contribution in [3.63, 3.8) is 0 Å². The van der Waals surface area contributed by atoms with Gasteiger partial charge < -0.3 is 15.4 Å². The fraction of sp³-hybridized carbons (Fsp3) is 0.562. The molecule has 1 aromatic carbocycles. The average Bonchev–Trinajstić information content (AvgIpc) is 2.49. The molecule has 116 valence electrons. The van der Waals surface area contributed by atoms with Gasteiger partial charge >= 0.3 is 0 Å². The molecule has 2 N–H and O–H groups in total. The molecule has 0 atom stereocenters. The van der Waals surface area contributed by atoms with E-state index in [2.05, 4.69) is 38.7 Å². The lowest BCUT2D eigenvalue weighted by atomic mass is 9.82. The Bertz CT molecular complexity index is 456. The Kier molecular flexibility index (Phi) is 6.21. The molecule has 1 aromatic rings. The second-order valence-electron chi connectivity index (χ2n) is 5.46. The van der Waals surface area contributed by atoms with Gasteiger partial charge in [-0.15, -0.1) is 0 Å². The van der Waals surface area contributed by atoms with Crippen molar-refractivity contribution in [3.05, 3.63) is 34.3 Å². The highest BCUT2D eigenvalue weighted by Crippen LogP contribution is 2.33. The van der Waals surface area contributed by atoms with Crippen molar-refractivity contribution in [3.8, 4) is 0 Å². The molecule has 1 heterocycles. The molecule has 1 fully saturated rings. The molecule has 1 saturated heterocycles. The Balaban J connectivity index is 2.09. The lowest BCUT2D eigenvalue weighted by Gasteiger charge is -2.38. The molecule has 1 aliphatic rings. The number of benzene rings is 1. The van der Waals surface area contributed by atoms with Gasteiger partial charge in [0.2, 0.25) is 5.91 Å². The van der Waals surface area contributed by atoms with E-state index in [9.17, 15) is 4.79 Å². The van der Waals surface area contributed by atoms with Gasteiger partial charge in [-0.3, -0.25) is 4.79 Å². The van der Waals surface area contributed by atoms with E-state index in [1.54, 1.807) is 0 Å². The number of carbonyl (C=O) groups excluding carboxylic acids is 1. The van der Waals surface area contributed by atoms with E-state index < -0.39 is 0 Å². The third-order valence-corrected chi connectivity index (χ3v) is 4.48. The van der Waals surface area contributed by atoms with Gasteiger partial charge in [-0.2, -0.15) is 0 Å². The number of carbonyl (C=O) groups is 1. The largest absolute Gasteiger partial charge is 0.381 e. The van der Waals surface area contributed by atoms with Crippen LogP contribution in [-0.4, -0.2) is 32.7 Å². The van der Waals surface area contributed by atoms with E-state index in [-0.39, 0.29) is 11.4 Å². The summed E-state index contributed by atoms with van der Waals surface area (Å²) in [5.74, 6) is 0.120.